The van der Waals surface area contributed by atoms with Crippen molar-refractivity contribution in [3.63, 3.8) is 0 Å². The molecule has 0 N–H and O–H groups in total. The summed E-state index contributed by atoms with van der Waals surface area (Å²) < 4.78 is 2.44. The second-order valence-electron chi connectivity index (χ2n) is 20.0. The van der Waals surface area contributed by atoms with E-state index in [1.54, 1.807) is 11.1 Å². The molecule has 4 fully saturated rings. The van der Waals surface area contributed by atoms with Gasteiger partial charge in [0.25, 0.3) is 0 Å². The maximum absolute atomic E-state index is 2.68. The van der Waals surface area contributed by atoms with Gasteiger partial charge in [-0.2, -0.15) is 0 Å². The quantitative estimate of drug-likeness (QED) is 0.175. The van der Waals surface area contributed by atoms with Gasteiger partial charge in [-0.25, -0.2) is 0 Å². The summed E-state index contributed by atoms with van der Waals surface area (Å²) in [6, 6.07) is 51.6. The van der Waals surface area contributed by atoms with Gasteiger partial charge in [-0.05, 0) is 166 Å². The summed E-state index contributed by atoms with van der Waals surface area (Å²) in [4.78, 5) is 2.65. The number of hydrogen-bond acceptors (Lipinski definition) is 1. The van der Waals surface area contributed by atoms with Crippen molar-refractivity contribution in [2.45, 2.75) is 82.5 Å². The number of benzene rings is 6. The van der Waals surface area contributed by atoms with Crippen LogP contribution >= 0.6 is 0 Å². The number of rotatable bonds is 4. The van der Waals surface area contributed by atoms with E-state index < -0.39 is 0 Å². The molecule has 6 aliphatic carbocycles. The highest BCUT2D eigenvalue weighted by molar-refractivity contribution is 6.09. The minimum atomic E-state index is 0.0567. The van der Waals surface area contributed by atoms with Crippen LogP contribution in [0.1, 0.15) is 88.5 Å². The van der Waals surface area contributed by atoms with Crippen molar-refractivity contribution < 1.29 is 0 Å². The molecule has 7 aromatic rings. The largest absolute Gasteiger partial charge is 0.310 e. The standard InChI is InChI=1S/C54H50N2/c1-51(2)26-27-52(3,4)50-43(51)16-11-19-47(50)55(35-20-22-36(23-21-35)56-45-17-9-6-13-40(45)41-14-7-10-18-46(41)56)37-24-25-39-38-12-5-8-15-42(38)54(44(39)31-37)48-29-33-28-34-30-49(54)53(34,48)32-33/h5-25,31,33-34,48-49H,26-30,32H2,1-4H3. The molecule has 6 aliphatic rings. The normalized spacial score (nSPS) is 29.1. The minimum Gasteiger partial charge on any atom is -0.310 e. The maximum atomic E-state index is 2.68. The molecule has 6 aromatic carbocycles. The lowest BCUT2D eigenvalue weighted by molar-refractivity contribution is -0.231. The Labute approximate surface area is 331 Å². The van der Waals surface area contributed by atoms with Gasteiger partial charge in [-0.3, -0.25) is 0 Å². The molecule has 1 heterocycles. The van der Waals surface area contributed by atoms with Crippen LogP contribution in [0.4, 0.5) is 17.1 Å². The van der Waals surface area contributed by atoms with E-state index in [-0.39, 0.29) is 16.2 Å². The van der Waals surface area contributed by atoms with E-state index in [0.717, 1.165) is 23.7 Å². The van der Waals surface area contributed by atoms with E-state index in [2.05, 4.69) is 171 Å². The highest BCUT2D eigenvalue weighted by atomic mass is 15.1. The molecule has 2 nitrogen and oxygen atoms in total. The smallest absolute Gasteiger partial charge is 0.0541 e. The summed E-state index contributed by atoms with van der Waals surface area (Å²) in [7, 11) is 0. The molecule has 2 spiro atoms. The predicted octanol–water partition coefficient (Wildman–Crippen LogP) is 13.9. The fraction of sp³-hybridized carbons (Fsp3) is 0.333. The fourth-order valence-corrected chi connectivity index (χ4v) is 14.7. The molecule has 2 bridgehead atoms. The van der Waals surface area contributed by atoms with E-state index in [9.17, 15) is 0 Å². The van der Waals surface area contributed by atoms with Crippen LogP contribution < -0.4 is 4.90 Å². The lowest BCUT2D eigenvalue weighted by Gasteiger charge is -2.76. The monoisotopic (exact) mass is 726 g/mol. The number of fused-ring (bicyclic) bond motifs is 12. The van der Waals surface area contributed by atoms with E-state index in [1.807, 2.05) is 0 Å². The summed E-state index contributed by atoms with van der Waals surface area (Å²) in [6.45, 7) is 9.89. The molecule has 0 saturated heterocycles. The highest BCUT2D eigenvalue weighted by Crippen LogP contribution is 2.89. The number of para-hydroxylation sites is 2. The number of anilines is 3. The van der Waals surface area contributed by atoms with Crippen LogP contribution in [0.15, 0.2) is 133 Å². The number of nitrogens with zero attached hydrogens (tertiary/aromatic N) is 2. The Kier molecular flexibility index (Phi) is 5.98. The average Bonchev–Trinajstić information content (AvgIpc) is 3.93. The molecule has 0 aliphatic heterocycles. The van der Waals surface area contributed by atoms with Gasteiger partial charge in [0, 0.05) is 33.2 Å². The minimum absolute atomic E-state index is 0.0567. The Balaban J connectivity index is 1.03. The van der Waals surface area contributed by atoms with Crippen molar-refractivity contribution in [3.8, 4) is 16.8 Å². The molecule has 1 aromatic heterocycles. The van der Waals surface area contributed by atoms with Crippen molar-refractivity contribution in [2.75, 3.05) is 4.90 Å². The van der Waals surface area contributed by atoms with Crippen LogP contribution in [0.3, 0.4) is 0 Å². The lowest BCUT2D eigenvalue weighted by Crippen LogP contribution is -2.73. The zero-order chi connectivity index (χ0) is 37.3. The molecule has 0 radical (unpaired) electrons. The van der Waals surface area contributed by atoms with Gasteiger partial charge in [-0.15, -0.1) is 0 Å². The van der Waals surface area contributed by atoms with Crippen LogP contribution in [0.5, 0.6) is 0 Å². The average molecular weight is 727 g/mol. The third kappa shape index (κ3) is 3.67. The molecule has 4 saturated carbocycles. The van der Waals surface area contributed by atoms with Gasteiger partial charge in [-0.1, -0.05) is 107 Å². The van der Waals surface area contributed by atoms with E-state index in [1.165, 1.54) is 105 Å². The summed E-state index contributed by atoms with van der Waals surface area (Å²) in [5, 5.41) is 2.60. The Bertz CT molecular complexity index is 2760. The Hall–Kier alpha value is -5.08. The molecular weight excluding hydrogens is 677 g/mol. The summed E-state index contributed by atoms with van der Waals surface area (Å²) in [5.41, 5.74) is 17.8. The van der Waals surface area contributed by atoms with Crippen molar-refractivity contribution in [2.24, 2.45) is 29.1 Å². The molecule has 0 amide bonds. The first-order valence-corrected chi connectivity index (χ1v) is 21.5. The third-order valence-corrected chi connectivity index (χ3v) is 16.9. The number of aromatic nitrogens is 1. The van der Waals surface area contributed by atoms with Crippen LogP contribution in [0, 0.1) is 29.1 Å². The first kappa shape index (κ1) is 32.1. The molecule has 13 rings (SSSR count). The zero-order valence-corrected chi connectivity index (χ0v) is 33.1. The third-order valence-electron chi connectivity index (χ3n) is 16.9. The van der Waals surface area contributed by atoms with Gasteiger partial charge in [0.05, 0.1) is 16.7 Å². The summed E-state index contributed by atoms with van der Waals surface area (Å²) >= 11 is 0. The fourth-order valence-electron chi connectivity index (χ4n) is 14.7. The van der Waals surface area contributed by atoms with Gasteiger partial charge in [0.2, 0.25) is 0 Å². The second kappa shape index (κ2) is 10.5. The Morgan fingerprint density at radius 2 is 1.20 bits per heavy atom. The highest BCUT2D eigenvalue weighted by Gasteiger charge is 2.84. The van der Waals surface area contributed by atoms with E-state index in [4.69, 9.17) is 0 Å². The van der Waals surface area contributed by atoms with E-state index in [0.29, 0.717) is 5.41 Å². The van der Waals surface area contributed by atoms with Crippen LogP contribution in [-0.2, 0) is 16.2 Å². The van der Waals surface area contributed by atoms with Crippen molar-refractivity contribution >= 4 is 38.9 Å². The van der Waals surface area contributed by atoms with Crippen molar-refractivity contribution in [3.05, 3.63) is 156 Å². The van der Waals surface area contributed by atoms with Crippen molar-refractivity contribution in [1.82, 2.24) is 4.57 Å². The maximum Gasteiger partial charge on any atom is 0.0541 e. The molecular formula is C54H50N2. The lowest BCUT2D eigenvalue weighted by atomic mass is 9.27. The second-order valence-corrected chi connectivity index (χ2v) is 20.0. The molecule has 2 heteroatoms. The van der Waals surface area contributed by atoms with Crippen molar-refractivity contribution in [1.29, 1.82) is 0 Å². The molecule has 6 unspecified atom stereocenters. The van der Waals surface area contributed by atoms with Gasteiger partial charge in [0.15, 0.2) is 0 Å². The number of hydrogen-bond donors (Lipinski definition) is 0. The predicted molar refractivity (Wildman–Crippen MR) is 232 cm³/mol. The van der Waals surface area contributed by atoms with Gasteiger partial charge in [0.1, 0.15) is 0 Å². The van der Waals surface area contributed by atoms with Gasteiger partial charge >= 0.3 is 0 Å². The van der Waals surface area contributed by atoms with E-state index >= 15 is 0 Å². The van der Waals surface area contributed by atoms with Crippen LogP contribution in [0.2, 0.25) is 0 Å². The SMILES string of the molecule is CC1(C)CCC(C)(C)c2c(N(c3ccc(-n4c5ccccc5c5ccccc54)cc3)c3ccc4c(c3)C3(c5ccccc5-4)C4CC5CC6CC3C64C5)cccc21. The summed E-state index contributed by atoms with van der Waals surface area (Å²) in [6.07, 6.45) is 8.23. The molecule has 6 atom stereocenters. The first-order chi connectivity index (χ1) is 27.2. The Morgan fingerprint density at radius 1 is 0.554 bits per heavy atom. The van der Waals surface area contributed by atoms with Gasteiger partial charge < -0.3 is 9.47 Å². The van der Waals surface area contributed by atoms with Crippen LogP contribution in [0.25, 0.3) is 38.6 Å². The zero-order valence-electron chi connectivity index (χ0n) is 33.1. The Morgan fingerprint density at radius 3 is 1.96 bits per heavy atom. The van der Waals surface area contributed by atoms with Crippen LogP contribution in [-0.4, -0.2) is 4.57 Å². The molecule has 276 valence electrons. The first-order valence-electron chi connectivity index (χ1n) is 21.5. The topological polar surface area (TPSA) is 8.17 Å². The summed E-state index contributed by atoms with van der Waals surface area (Å²) in [5.74, 6) is 3.50. The molecule has 56 heavy (non-hydrogen) atoms.